The number of hydrogen-bond donors (Lipinski definition) is 0. The van der Waals surface area contributed by atoms with Gasteiger partial charge in [-0.15, -0.1) is 0 Å². The monoisotopic (exact) mass is 409 g/mol. The zero-order valence-electron chi connectivity index (χ0n) is 18.3. The van der Waals surface area contributed by atoms with Gasteiger partial charge in [0.2, 0.25) is 0 Å². The molecule has 3 aromatic carbocycles. The van der Waals surface area contributed by atoms with Crippen molar-refractivity contribution in [1.29, 1.82) is 0 Å². The highest BCUT2D eigenvalue weighted by atomic mass is 16.5. The van der Waals surface area contributed by atoms with E-state index in [-0.39, 0.29) is 6.10 Å². The molecule has 1 aliphatic heterocycles. The van der Waals surface area contributed by atoms with Crippen molar-refractivity contribution >= 4 is 0 Å². The Morgan fingerprint density at radius 3 is 2.00 bits per heavy atom. The number of rotatable bonds is 6. The van der Waals surface area contributed by atoms with E-state index in [0.29, 0.717) is 6.10 Å². The smallest absolute Gasteiger partial charge is 0.108 e. The molecule has 1 aliphatic rings. The first-order valence-corrected chi connectivity index (χ1v) is 11.3. The van der Waals surface area contributed by atoms with Gasteiger partial charge in [0.25, 0.3) is 0 Å². The van der Waals surface area contributed by atoms with Gasteiger partial charge in [0.05, 0.1) is 6.10 Å². The molecule has 0 N–H and O–H groups in total. The van der Waals surface area contributed by atoms with Crippen molar-refractivity contribution in [3.63, 3.8) is 0 Å². The lowest BCUT2D eigenvalue weighted by Crippen LogP contribution is -2.38. The molecular weight excluding hydrogens is 378 g/mol. The Labute approximate surface area is 186 Å². The molecule has 2 nitrogen and oxygen atoms in total. The first-order chi connectivity index (χ1) is 15.3. The normalized spacial score (nSPS) is 14.9. The van der Waals surface area contributed by atoms with E-state index in [1.54, 1.807) is 0 Å². The molecular formula is C29H31NO. The Morgan fingerprint density at radius 2 is 1.42 bits per heavy atom. The van der Waals surface area contributed by atoms with Crippen LogP contribution in [0, 0.1) is 18.8 Å². The Morgan fingerprint density at radius 1 is 0.839 bits per heavy atom. The second-order valence-corrected chi connectivity index (χ2v) is 8.30. The van der Waals surface area contributed by atoms with Gasteiger partial charge < -0.3 is 9.64 Å². The molecule has 0 saturated carbocycles. The maximum atomic E-state index is 6.65. The maximum Gasteiger partial charge on any atom is 0.108 e. The first kappa shape index (κ1) is 21.4. The summed E-state index contributed by atoms with van der Waals surface area (Å²) in [5, 5.41) is 0. The van der Waals surface area contributed by atoms with Crippen molar-refractivity contribution in [2.75, 3.05) is 19.6 Å². The van der Waals surface area contributed by atoms with Crippen LogP contribution in [0.15, 0.2) is 84.9 Å². The molecule has 4 rings (SSSR count). The summed E-state index contributed by atoms with van der Waals surface area (Å²) in [6.45, 7) is 5.29. The minimum absolute atomic E-state index is 0.000624. The molecule has 0 radical (unpaired) electrons. The number of likely N-dealkylation sites (tertiary alicyclic amines) is 1. The Hall–Kier alpha value is -2.86. The van der Waals surface area contributed by atoms with E-state index >= 15 is 0 Å². The summed E-state index contributed by atoms with van der Waals surface area (Å²) in [4.78, 5) is 2.52. The first-order valence-electron chi connectivity index (χ1n) is 11.3. The standard InChI is InChI=1S/C29H31NO/c1-24-15-17-25(18-16-24)10-8-9-21-30-22-19-28(20-23-30)31-29(26-11-4-2-5-12-26)27-13-6-3-7-14-27/h2-7,11-18,28-29H,9,19-23H2,1H3. The maximum absolute atomic E-state index is 6.65. The van der Waals surface area contributed by atoms with E-state index in [0.717, 1.165) is 44.5 Å². The van der Waals surface area contributed by atoms with Gasteiger partial charge in [0.15, 0.2) is 0 Å². The summed E-state index contributed by atoms with van der Waals surface area (Å²) in [6.07, 6.45) is 3.35. The van der Waals surface area contributed by atoms with Crippen LogP contribution in [0.5, 0.6) is 0 Å². The van der Waals surface area contributed by atoms with Crippen molar-refractivity contribution < 1.29 is 4.74 Å². The zero-order valence-corrected chi connectivity index (χ0v) is 18.3. The summed E-state index contributed by atoms with van der Waals surface area (Å²) >= 11 is 0. The second kappa shape index (κ2) is 11.0. The molecule has 0 amide bonds. The largest absolute Gasteiger partial charge is 0.365 e. The molecule has 0 aromatic heterocycles. The van der Waals surface area contributed by atoms with Crippen molar-refractivity contribution in [2.45, 2.75) is 38.4 Å². The van der Waals surface area contributed by atoms with E-state index in [4.69, 9.17) is 4.74 Å². The van der Waals surface area contributed by atoms with Crippen LogP contribution in [0.25, 0.3) is 0 Å². The van der Waals surface area contributed by atoms with Crippen LogP contribution < -0.4 is 0 Å². The second-order valence-electron chi connectivity index (χ2n) is 8.30. The van der Waals surface area contributed by atoms with Crippen LogP contribution in [-0.2, 0) is 4.74 Å². The van der Waals surface area contributed by atoms with Gasteiger partial charge in [-0.1, -0.05) is 90.2 Å². The summed E-state index contributed by atoms with van der Waals surface area (Å²) < 4.78 is 6.65. The highest BCUT2D eigenvalue weighted by molar-refractivity contribution is 5.35. The van der Waals surface area contributed by atoms with Gasteiger partial charge in [-0.2, -0.15) is 0 Å². The van der Waals surface area contributed by atoms with Crippen molar-refractivity contribution in [2.24, 2.45) is 0 Å². The number of piperidine rings is 1. The molecule has 1 fully saturated rings. The lowest BCUT2D eigenvalue weighted by Gasteiger charge is -2.34. The lowest BCUT2D eigenvalue weighted by molar-refractivity contribution is -0.0266. The van der Waals surface area contributed by atoms with E-state index in [1.165, 1.54) is 16.7 Å². The summed E-state index contributed by atoms with van der Waals surface area (Å²) in [5.74, 6) is 6.61. The van der Waals surface area contributed by atoms with Crippen LogP contribution >= 0.6 is 0 Å². The number of benzene rings is 3. The minimum Gasteiger partial charge on any atom is -0.365 e. The van der Waals surface area contributed by atoms with E-state index < -0.39 is 0 Å². The van der Waals surface area contributed by atoms with Crippen LogP contribution in [-0.4, -0.2) is 30.6 Å². The van der Waals surface area contributed by atoms with E-state index in [1.807, 2.05) is 0 Å². The van der Waals surface area contributed by atoms with Crippen LogP contribution in [0.2, 0.25) is 0 Å². The van der Waals surface area contributed by atoms with Gasteiger partial charge in [0.1, 0.15) is 6.10 Å². The number of hydrogen-bond acceptors (Lipinski definition) is 2. The van der Waals surface area contributed by atoms with E-state index in [2.05, 4.69) is 109 Å². The molecule has 0 spiro atoms. The lowest BCUT2D eigenvalue weighted by atomic mass is 10.00. The number of ether oxygens (including phenoxy) is 1. The Balaban J connectivity index is 1.28. The van der Waals surface area contributed by atoms with Crippen LogP contribution in [0.3, 0.4) is 0 Å². The van der Waals surface area contributed by atoms with E-state index in [9.17, 15) is 0 Å². The molecule has 3 aromatic rings. The molecule has 1 heterocycles. The van der Waals surface area contributed by atoms with Gasteiger partial charge in [-0.3, -0.25) is 0 Å². The predicted octanol–water partition coefficient (Wildman–Crippen LogP) is 6.01. The number of nitrogens with zero attached hydrogens (tertiary/aromatic N) is 1. The average molecular weight is 410 g/mol. The van der Waals surface area contributed by atoms with Gasteiger partial charge in [-0.05, 0) is 43.0 Å². The third kappa shape index (κ3) is 6.31. The fraction of sp³-hybridized carbons (Fsp3) is 0.310. The fourth-order valence-corrected chi connectivity index (χ4v) is 4.08. The molecule has 0 bridgehead atoms. The zero-order chi connectivity index (χ0) is 21.3. The third-order valence-electron chi connectivity index (χ3n) is 5.91. The summed E-state index contributed by atoms with van der Waals surface area (Å²) in [7, 11) is 0. The van der Waals surface area contributed by atoms with Gasteiger partial charge in [-0.25, -0.2) is 0 Å². The molecule has 1 saturated heterocycles. The van der Waals surface area contributed by atoms with Crippen molar-refractivity contribution in [1.82, 2.24) is 4.90 Å². The fourth-order valence-electron chi connectivity index (χ4n) is 4.08. The average Bonchev–Trinajstić information content (AvgIpc) is 2.83. The molecule has 158 valence electrons. The SMILES string of the molecule is Cc1ccc(C#CCCN2CCC(OC(c3ccccc3)c3ccccc3)CC2)cc1. The molecule has 0 unspecified atom stereocenters. The quantitative estimate of drug-likeness (QED) is 0.463. The third-order valence-corrected chi connectivity index (χ3v) is 5.91. The minimum atomic E-state index is -0.000624. The topological polar surface area (TPSA) is 12.5 Å². The molecule has 31 heavy (non-hydrogen) atoms. The number of aryl methyl sites for hydroxylation is 1. The highest BCUT2D eigenvalue weighted by Gasteiger charge is 2.24. The van der Waals surface area contributed by atoms with Gasteiger partial charge in [0, 0.05) is 31.6 Å². The molecule has 0 atom stereocenters. The Kier molecular flexibility index (Phi) is 7.56. The van der Waals surface area contributed by atoms with Crippen molar-refractivity contribution in [3.05, 3.63) is 107 Å². The molecule has 0 aliphatic carbocycles. The van der Waals surface area contributed by atoms with Crippen molar-refractivity contribution in [3.8, 4) is 11.8 Å². The predicted molar refractivity (Wildman–Crippen MR) is 128 cm³/mol. The van der Waals surface area contributed by atoms with Gasteiger partial charge >= 0.3 is 0 Å². The van der Waals surface area contributed by atoms with Crippen LogP contribution in [0.1, 0.15) is 47.6 Å². The van der Waals surface area contributed by atoms with Crippen LogP contribution in [0.4, 0.5) is 0 Å². The highest BCUT2D eigenvalue weighted by Crippen LogP contribution is 2.29. The summed E-state index contributed by atoms with van der Waals surface area (Å²) in [6, 6.07) is 29.6. The molecule has 2 heteroatoms. The Bertz CT molecular complexity index is 938. The summed E-state index contributed by atoms with van der Waals surface area (Å²) in [5.41, 5.74) is 4.83.